The van der Waals surface area contributed by atoms with Crippen LogP contribution in [0.3, 0.4) is 0 Å². The number of anilines is 3. The van der Waals surface area contributed by atoms with E-state index in [0.29, 0.717) is 15.6 Å². The van der Waals surface area contributed by atoms with Crippen molar-refractivity contribution < 1.29 is 9.18 Å². The molecule has 0 aliphatic rings. The van der Waals surface area contributed by atoms with Crippen molar-refractivity contribution in [1.82, 2.24) is 4.98 Å². The molecule has 0 atom stereocenters. The first kappa shape index (κ1) is 16.1. The number of nitrogen functional groups attached to an aromatic ring is 1. The standard InChI is InChI=1S/C18H16FN3OS/c1-10-3-4-11(2)14(9-10)21-18-22-17(20)16(24-18)15(23)12-5-7-13(19)8-6-12/h3-9H,20H2,1-2H3,(H,21,22). The molecule has 122 valence electrons. The Labute approximate surface area is 143 Å². The Bertz CT molecular complexity index is 903. The number of thiazole rings is 1. The van der Waals surface area contributed by atoms with Gasteiger partial charge in [-0.2, -0.15) is 0 Å². The minimum absolute atomic E-state index is 0.169. The predicted octanol–water partition coefficient (Wildman–Crippen LogP) is 4.46. The number of aryl methyl sites for hydroxylation is 2. The molecule has 0 saturated heterocycles. The summed E-state index contributed by atoms with van der Waals surface area (Å²) < 4.78 is 13.0. The van der Waals surface area contributed by atoms with Crippen molar-refractivity contribution in [2.75, 3.05) is 11.1 Å². The number of halogens is 1. The Morgan fingerprint density at radius 1 is 1.17 bits per heavy atom. The molecule has 0 radical (unpaired) electrons. The maximum atomic E-state index is 13.0. The van der Waals surface area contributed by atoms with E-state index in [0.717, 1.165) is 16.8 Å². The van der Waals surface area contributed by atoms with Gasteiger partial charge in [0.1, 0.15) is 16.5 Å². The van der Waals surface area contributed by atoms with E-state index in [2.05, 4.69) is 10.3 Å². The van der Waals surface area contributed by atoms with Gasteiger partial charge in [0.05, 0.1) is 0 Å². The molecule has 0 saturated carbocycles. The number of nitrogens with one attached hydrogen (secondary N) is 1. The van der Waals surface area contributed by atoms with Gasteiger partial charge in [0.15, 0.2) is 5.13 Å². The van der Waals surface area contributed by atoms with E-state index in [1.54, 1.807) is 0 Å². The van der Waals surface area contributed by atoms with E-state index in [9.17, 15) is 9.18 Å². The molecule has 3 rings (SSSR count). The molecule has 0 unspecified atom stereocenters. The SMILES string of the molecule is Cc1ccc(C)c(Nc2nc(N)c(C(=O)c3ccc(F)cc3)s2)c1. The molecule has 24 heavy (non-hydrogen) atoms. The summed E-state index contributed by atoms with van der Waals surface area (Å²) in [5.41, 5.74) is 9.39. The van der Waals surface area contributed by atoms with E-state index in [-0.39, 0.29) is 17.4 Å². The van der Waals surface area contributed by atoms with Crippen molar-refractivity contribution in [3.8, 4) is 0 Å². The van der Waals surface area contributed by atoms with Crippen LogP contribution in [-0.4, -0.2) is 10.8 Å². The fourth-order valence-electron chi connectivity index (χ4n) is 2.27. The van der Waals surface area contributed by atoms with E-state index in [1.807, 2.05) is 32.0 Å². The molecule has 1 heterocycles. The summed E-state index contributed by atoms with van der Waals surface area (Å²) in [6.07, 6.45) is 0. The van der Waals surface area contributed by atoms with Gasteiger partial charge in [0.25, 0.3) is 0 Å². The number of hydrogen-bond acceptors (Lipinski definition) is 5. The van der Waals surface area contributed by atoms with Crippen molar-refractivity contribution in [2.24, 2.45) is 0 Å². The molecular weight excluding hydrogens is 325 g/mol. The summed E-state index contributed by atoms with van der Waals surface area (Å²) in [6.45, 7) is 3.99. The average molecular weight is 341 g/mol. The van der Waals surface area contributed by atoms with Crippen LogP contribution >= 0.6 is 11.3 Å². The van der Waals surface area contributed by atoms with E-state index in [4.69, 9.17) is 5.73 Å². The number of nitrogens with two attached hydrogens (primary N) is 1. The number of hydrogen-bond donors (Lipinski definition) is 2. The van der Waals surface area contributed by atoms with Crippen LogP contribution in [0.15, 0.2) is 42.5 Å². The zero-order valence-corrected chi connectivity index (χ0v) is 14.1. The number of aromatic nitrogens is 1. The van der Waals surface area contributed by atoms with Gasteiger partial charge in [-0.3, -0.25) is 4.79 Å². The third-order valence-electron chi connectivity index (χ3n) is 3.60. The monoisotopic (exact) mass is 341 g/mol. The van der Waals surface area contributed by atoms with Crippen molar-refractivity contribution in [1.29, 1.82) is 0 Å². The van der Waals surface area contributed by atoms with Crippen molar-refractivity contribution in [3.63, 3.8) is 0 Å². The lowest BCUT2D eigenvalue weighted by atomic mass is 10.1. The number of carbonyl (C=O) groups is 1. The zero-order valence-electron chi connectivity index (χ0n) is 13.3. The molecule has 1 aromatic heterocycles. The van der Waals surface area contributed by atoms with Gasteiger partial charge in [-0.1, -0.05) is 23.5 Å². The van der Waals surface area contributed by atoms with Crippen LogP contribution in [0.5, 0.6) is 0 Å². The number of ketones is 1. The summed E-state index contributed by atoms with van der Waals surface area (Å²) in [7, 11) is 0. The third-order valence-corrected chi connectivity index (χ3v) is 4.59. The molecule has 3 aromatic rings. The second-order valence-corrected chi connectivity index (χ2v) is 6.51. The smallest absolute Gasteiger partial charge is 0.206 e. The average Bonchev–Trinajstić information content (AvgIpc) is 2.91. The summed E-state index contributed by atoms with van der Waals surface area (Å²) in [4.78, 5) is 17.1. The van der Waals surface area contributed by atoms with Crippen molar-refractivity contribution in [3.05, 3.63) is 69.8 Å². The van der Waals surface area contributed by atoms with Gasteiger partial charge < -0.3 is 11.1 Å². The lowest BCUT2D eigenvalue weighted by Gasteiger charge is -2.07. The Morgan fingerprint density at radius 3 is 2.58 bits per heavy atom. The Morgan fingerprint density at radius 2 is 1.88 bits per heavy atom. The second kappa shape index (κ2) is 6.41. The Hall–Kier alpha value is -2.73. The van der Waals surface area contributed by atoms with Gasteiger partial charge in [0.2, 0.25) is 5.78 Å². The van der Waals surface area contributed by atoms with E-state index >= 15 is 0 Å². The zero-order chi connectivity index (χ0) is 17.3. The van der Waals surface area contributed by atoms with Crippen LogP contribution in [-0.2, 0) is 0 Å². The largest absolute Gasteiger partial charge is 0.382 e. The molecule has 0 fully saturated rings. The Kier molecular flexibility index (Phi) is 4.31. The second-order valence-electron chi connectivity index (χ2n) is 5.51. The fourth-order valence-corrected chi connectivity index (χ4v) is 3.13. The highest BCUT2D eigenvalue weighted by Gasteiger charge is 2.18. The van der Waals surface area contributed by atoms with Crippen LogP contribution in [0.25, 0.3) is 0 Å². The van der Waals surface area contributed by atoms with Crippen molar-refractivity contribution in [2.45, 2.75) is 13.8 Å². The first-order valence-corrected chi connectivity index (χ1v) is 8.16. The van der Waals surface area contributed by atoms with Crippen LogP contribution in [0.1, 0.15) is 26.4 Å². The predicted molar refractivity (Wildman–Crippen MR) is 95.6 cm³/mol. The molecule has 4 nitrogen and oxygen atoms in total. The van der Waals surface area contributed by atoms with Crippen LogP contribution in [0, 0.1) is 19.7 Å². The van der Waals surface area contributed by atoms with Crippen molar-refractivity contribution >= 4 is 33.8 Å². The van der Waals surface area contributed by atoms with Crippen LogP contribution < -0.4 is 11.1 Å². The van der Waals surface area contributed by atoms with Gasteiger partial charge >= 0.3 is 0 Å². The number of nitrogens with zero attached hydrogens (tertiary/aromatic N) is 1. The third kappa shape index (κ3) is 3.28. The maximum Gasteiger partial charge on any atom is 0.206 e. The van der Waals surface area contributed by atoms with E-state index in [1.165, 1.54) is 35.6 Å². The molecular formula is C18H16FN3OS. The van der Waals surface area contributed by atoms with Gasteiger partial charge in [-0.05, 0) is 55.3 Å². The normalized spacial score (nSPS) is 10.6. The number of rotatable bonds is 4. The lowest BCUT2D eigenvalue weighted by Crippen LogP contribution is -2.02. The highest BCUT2D eigenvalue weighted by Crippen LogP contribution is 2.31. The Balaban J connectivity index is 1.88. The molecule has 0 aliphatic heterocycles. The van der Waals surface area contributed by atoms with Crippen LogP contribution in [0.2, 0.25) is 0 Å². The highest BCUT2D eigenvalue weighted by molar-refractivity contribution is 7.18. The molecule has 0 spiro atoms. The van der Waals surface area contributed by atoms with Crippen LogP contribution in [0.4, 0.5) is 21.0 Å². The molecule has 0 amide bonds. The minimum atomic E-state index is -0.388. The first-order valence-electron chi connectivity index (χ1n) is 7.35. The molecule has 0 aliphatic carbocycles. The van der Waals surface area contributed by atoms with Gasteiger partial charge in [-0.25, -0.2) is 9.37 Å². The number of benzene rings is 2. The highest BCUT2D eigenvalue weighted by atomic mass is 32.1. The summed E-state index contributed by atoms with van der Waals surface area (Å²) in [6, 6.07) is 11.4. The quantitative estimate of drug-likeness (QED) is 0.688. The first-order chi connectivity index (χ1) is 11.4. The minimum Gasteiger partial charge on any atom is -0.382 e. The lowest BCUT2D eigenvalue weighted by molar-refractivity contribution is 0.104. The molecule has 2 aromatic carbocycles. The fraction of sp³-hybridized carbons (Fsp3) is 0.111. The number of carbonyl (C=O) groups excluding carboxylic acids is 1. The maximum absolute atomic E-state index is 13.0. The van der Waals surface area contributed by atoms with E-state index < -0.39 is 0 Å². The van der Waals surface area contributed by atoms with Gasteiger partial charge in [0, 0.05) is 11.3 Å². The summed E-state index contributed by atoms with van der Waals surface area (Å²) >= 11 is 1.19. The molecule has 6 heteroatoms. The molecule has 3 N–H and O–H groups in total. The topological polar surface area (TPSA) is 68.0 Å². The summed E-state index contributed by atoms with van der Waals surface area (Å²) in [5, 5.41) is 3.75. The van der Waals surface area contributed by atoms with Gasteiger partial charge in [-0.15, -0.1) is 0 Å². The summed E-state index contributed by atoms with van der Waals surface area (Å²) in [5.74, 6) is -0.484. The molecule has 0 bridgehead atoms.